The molecule has 0 spiro atoms. The standard InChI is InChI=1S/C16H24N2O6/c1-16(2,3)24-15(22)18-11(14(20)21)7-5-4-6-8-12(19)13-17-9-10-23-13/h9-11H,4-8H2,1-3H3,(H,18,22)(H,20,21)/t11-/m0/s1. The molecule has 0 unspecified atom stereocenters. The molecule has 0 bridgehead atoms. The smallest absolute Gasteiger partial charge is 0.408 e. The fourth-order valence-corrected chi connectivity index (χ4v) is 1.99. The molecule has 1 heterocycles. The van der Waals surface area contributed by atoms with Crippen LogP contribution in [0.3, 0.4) is 0 Å². The quantitative estimate of drug-likeness (QED) is 0.524. The van der Waals surface area contributed by atoms with Crippen molar-refractivity contribution in [1.82, 2.24) is 10.3 Å². The second kappa shape index (κ2) is 9.05. The van der Waals surface area contributed by atoms with Gasteiger partial charge in [0.05, 0.1) is 6.20 Å². The lowest BCUT2D eigenvalue weighted by molar-refractivity contribution is -0.139. The van der Waals surface area contributed by atoms with Gasteiger partial charge >= 0.3 is 12.1 Å². The molecule has 0 saturated heterocycles. The summed E-state index contributed by atoms with van der Waals surface area (Å²) in [5, 5.41) is 11.5. The molecule has 24 heavy (non-hydrogen) atoms. The van der Waals surface area contributed by atoms with Crippen LogP contribution in [-0.2, 0) is 9.53 Å². The van der Waals surface area contributed by atoms with Gasteiger partial charge in [0.1, 0.15) is 17.9 Å². The number of nitrogens with one attached hydrogen (secondary N) is 1. The molecule has 1 rings (SSSR count). The molecule has 0 aromatic carbocycles. The van der Waals surface area contributed by atoms with Crippen molar-refractivity contribution >= 4 is 17.8 Å². The molecule has 134 valence electrons. The number of unbranched alkanes of at least 4 members (excludes halogenated alkanes) is 2. The Labute approximate surface area is 140 Å². The van der Waals surface area contributed by atoms with E-state index in [0.717, 1.165) is 0 Å². The number of hydrogen-bond acceptors (Lipinski definition) is 6. The maximum atomic E-state index is 11.7. The molecule has 8 heteroatoms. The van der Waals surface area contributed by atoms with E-state index in [1.165, 1.54) is 12.5 Å². The molecule has 1 atom stereocenters. The van der Waals surface area contributed by atoms with E-state index in [2.05, 4.69) is 10.3 Å². The Morgan fingerprint density at radius 3 is 2.54 bits per heavy atom. The summed E-state index contributed by atoms with van der Waals surface area (Å²) in [6, 6.07) is -1.01. The summed E-state index contributed by atoms with van der Waals surface area (Å²) in [7, 11) is 0. The van der Waals surface area contributed by atoms with Crippen molar-refractivity contribution in [3.63, 3.8) is 0 Å². The fourth-order valence-electron chi connectivity index (χ4n) is 1.99. The number of carbonyl (C=O) groups excluding carboxylic acids is 2. The Balaban J connectivity index is 2.27. The number of ether oxygens (including phenoxy) is 1. The van der Waals surface area contributed by atoms with Crippen molar-refractivity contribution in [2.45, 2.75) is 64.5 Å². The molecule has 1 amide bonds. The van der Waals surface area contributed by atoms with E-state index >= 15 is 0 Å². The summed E-state index contributed by atoms with van der Waals surface area (Å²) in [5.74, 6) is -1.21. The number of Topliss-reactive ketones (excluding diaryl/α,β-unsaturated/α-hetero) is 1. The highest BCUT2D eigenvalue weighted by molar-refractivity contribution is 5.91. The topological polar surface area (TPSA) is 119 Å². The van der Waals surface area contributed by atoms with Gasteiger partial charge in [0.25, 0.3) is 5.89 Å². The van der Waals surface area contributed by atoms with Crippen molar-refractivity contribution in [2.75, 3.05) is 0 Å². The van der Waals surface area contributed by atoms with Crippen molar-refractivity contribution in [1.29, 1.82) is 0 Å². The highest BCUT2D eigenvalue weighted by atomic mass is 16.6. The van der Waals surface area contributed by atoms with E-state index in [1.807, 2.05) is 0 Å². The number of amides is 1. The van der Waals surface area contributed by atoms with Crippen molar-refractivity contribution in [2.24, 2.45) is 0 Å². The van der Waals surface area contributed by atoms with Gasteiger partial charge in [0.2, 0.25) is 5.78 Å². The average Bonchev–Trinajstić information content (AvgIpc) is 2.97. The second-order valence-electron chi connectivity index (χ2n) is 6.40. The van der Waals surface area contributed by atoms with E-state index in [1.54, 1.807) is 20.8 Å². The summed E-state index contributed by atoms with van der Waals surface area (Å²) in [6.45, 7) is 5.10. The minimum Gasteiger partial charge on any atom is -0.480 e. The van der Waals surface area contributed by atoms with Crippen LogP contribution in [0.25, 0.3) is 0 Å². The zero-order valence-corrected chi connectivity index (χ0v) is 14.2. The van der Waals surface area contributed by atoms with Gasteiger partial charge in [-0.3, -0.25) is 4.79 Å². The van der Waals surface area contributed by atoms with Gasteiger partial charge in [0, 0.05) is 6.42 Å². The van der Waals surface area contributed by atoms with Gasteiger partial charge < -0.3 is 19.6 Å². The zero-order chi connectivity index (χ0) is 18.2. The molecule has 1 aromatic rings. The molecule has 8 nitrogen and oxygen atoms in total. The van der Waals surface area contributed by atoms with E-state index in [9.17, 15) is 14.4 Å². The Hall–Kier alpha value is -2.38. The van der Waals surface area contributed by atoms with Gasteiger partial charge in [-0.05, 0) is 33.6 Å². The predicted molar refractivity (Wildman–Crippen MR) is 84.7 cm³/mol. The zero-order valence-electron chi connectivity index (χ0n) is 14.2. The highest BCUT2D eigenvalue weighted by Crippen LogP contribution is 2.11. The maximum absolute atomic E-state index is 11.7. The molecule has 0 aliphatic rings. The van der Waals surface area contributed by atoms with Crippen LogP contribution in [0.5, 0.6) is 0 Å². The lowest BCUT2D eigenvalue weighted by Gasteiger charge is -2.22. The van der Waals surface area contributed by atoms with Gasteiger partial charge in [-0.15, -0.1) is 0 Å². The number of nitrogens with zero attached hydrogens (tertiary/aromatic N) is 1. The summed E-state index contributed by atoms with van der Waals surface area (Å²) < 4.78 is 9.95. The third kappa shape index (κ3) is 7.75. The number of ketones is 1. The Kier molecular flexibility index (Phi) is 7.41. The first-order chi connectivity index (χ1) is 11.2. The summed E-state index contributed by atoms with van der Waals surface area (Å²) in [4.78, 5) is 38.2. The summed E-state index contributed by atoms with van der Waals surface area (Å²) >= 11 is 0. The van der Waals surface area contributed by atoms with Crippen LogP contribution >= 0.6 is 0 Å². The van der Waals surface area contributed by atoms with Gasteiger partial charge in [0.15, 0.2) is 0 Å². The SMILES string of the molecule is CC(C)(C)OC(=O)N[C@@H](CCCCCC(=O)c1ncco1)C(=O)O. The van der Waals surface area contributed by atoms with E-state index in [4.69, 9.17) is 14.3 Å². The molecule has 0 aliphatic carbocycles. The van der Waals surface area contributed by atoms with Gasteiger partial charge in [-0.2, -0.15) is 0 Å². The van der Waals surface area contributed by atoms with E-state index < -0.39 is 23.7 Å². The van der Waals surface area contributed by atoms with Crippen molar-refractivity contribution < 1.29 is 28.6 Å². The molecule has 0 saturated carbocycles. The third-order valence-electron chi connectivity index (χ3n) is 3.06. The number of rotatable bonds is 9. The van der Waals surface area contributed by atoms with Crippen LogP contribution in [0.15, 0.2) is 16.9 Å². The first kappa shape index (κ1) is 19.7. The number of aromatic nitrogens is 1. The van der Waals surface area contributed by atoms with Gasteiger partial charge in [-0.25, -0.2) is 14.6 Å². The normalized spacial score (nSPS) is 12.5. The van der Waals surface area contributed by atoms with Gasteiger partial charge in [-0.1, -0.05) is 12.8 Å². The first-order valence-electron chi connectivity index (χ1n) is 7.84. The summed E-state index contributed by atoms with van der Waals surface area (Å²) in [6.07, 6.45) is 4.37. The largest absolute Gasteiger partial charge is 0.480 e. The number of carboxylic acid groups (broad SMARTS) is 1. The van der Waals surface area contributed by atoms with Crippen LogP contribution in [-0.4, -0.2) is 39.6 Å². The van der Waals surface area contributed by atoms with Crippen molar-refractivity contribution in [3.8, 4) is 0 Å². The molecule has 0 radical (unpaired) electrons. The minimum absolute atomic E-state index is 0.0880. The van der Waals surface area contributed by atoms with Crippen LogP contribution < -0.4 is 5.32 Å². The maximum Gasteiger partial charge on any atom is 0.408 e. The number of oxazole rings is 1. The van der Waals surface area contributed by atoms with E-state index in [0.29, 0.717) is 19.3 Å². The number of carbonyl (C=O) groups is 3. The van der Waals surface area contributed by atoms with Crippen molar-refractivity contribution in [3.05, 3.63) is 18.4 Å². The molecule has 2 N–H and O–H groups in total. The molecular weight excluding hydrogens is 316 g/mol. The molecule has 0 aliphatic heterocycles. The number of hydrogen-bond donors (Lipinski definition) is 2. The summed E-state index contributed by atoms with van der Waals surface area (Å²) in [5.41, 5.74) is -0.687. The molecular formula is C16H24N2O6. The monoisotopic (exact) mass is 340 g/mol. The average molecular weight is 340 g/mol. The number of carboxylic acids is 1. The Morgan fingerprint density at radius 1 is 1.29 bits per heavy atom. The van der Waals surface area contributed by atoms with Crippen LogP contribution in [0.4, 0.5) is 4.79 Å². The lowest BCUT2D eigenvalue weighted by atomic mass is 10.1. The Morgan fingerprint density at radius 2 is 2.00 bits per heavy atom. The minimum atomic E-state index is -1.11. The third-order valence-corrected chi connectivity index (χ3v) is 3.06. The number of aliphatic carboxylic acids is 1. The van der Waals surface area contributed by atoms with E-state index in [-0.39, 0.29) is 24.5 Å². The highest BCUT2D eigenvalue weighted by Gasteiger charge is 2.23. The molecule has 1 aromatic heterocycles. The van der Waals surface area contributed by atoms with Crippen LogP contribution in [0.2, 0.25) is 0 Å². The predicted octanol–water partition coefficient (Wildman–Crippen LogP) is 2.79. The second-order valence-corrected chi connectivity index (χ2v) is 6.40. The Bertz CT molecular complexity index is 547. The van der Waals surface area contributed by atoms with Crippen LogP contribution in [0, 0.1) is 0 Å². The first-order valence-corrected chi connectivity index (χ1v) is 7.84. The van der Waals surface area contributed by atoms with Crippen LogP contribution in [0.1, 0.15) is 63.6 Å². The number of alkyl carbamates (subject to hydrolysis) is 1. The lowest BCUT2D eigenvalue weighted by Crippen LogP contribution is -2.43. The fraction of sp³-hybridized carbons (Fsp3) is 0.625. The molecule has 0 fully saturated rings.